The van der Waals surface area contributed by atoms with Crippen LogP contribution in [0, 0.1) is 17.8 Å². The van der Waals surface area contributed by atoms with E-state index in [1.165, 1.54) is 64.6 Å². The lowest BCUT2D eigenvalue weighted by atomic mass is 9.89. The molecular formula is C14H26N2. The number of rotatable bonds is 2. The van der Waals surface area contributed by atoms with E-state index in [4.69, 9.17) is 5.73 Å². The second-order valence-corrected chi connectivity index (χ2v) is 6.39. The molecule has 0 aromatic heterocycles. The zero-order valence-corrected chi connectivity index (χ0v) is 10.4. The highest BCUT2D eigenvalue weighted by Crippen LogP contribution is 2.38. The van der Waals surface area contributed by atoms with Crippen LogP contribution in [-0.4, -0.2) is 30.6 Å². The Kier molecular flexibility index (Phi) is 3.21. The van der Waals surface area contributed by atoms with Gasteiger partial charge in [-0.1, -0.05) is 19.3 Å². The Morgan fingerprint density at radius 3 is 2.50 bits per heavy atom. The molecule has 2 saturated carbocycles. The van der Waals surface area contributed by atoms with Crippen molar-refractivity contribution in [2.24, 2.45) is 23.5 Å². The first kappa shape index (κ1) is 11.0. The zero-order chi connectivity index (χ0) is 11.0. The lowest BCUT2D eigenvalue weighted by Gasteiger charge is -2.27. The third kappa shape index (κ3) is 2.14. The molecule has 92 valence electrons. The molecule has 2 nitrogen and oxygen atoms in total. The van der Waals surface area contributed by atoms with Gasteiger partial charge in [-0.3, -0.25) is 0 Å². The number of nitrogens with two attached hydrogens (primary N) is 1. The Bertz CT molecular complexity index is 235. The van der Waals surface area contributed by atoms with E-state index < -0.39 is 0 Å². The van der Waals surface area contributed by atoms with Crippen molar-refractivity contribution in [3.63, 3.8) is 0 Å². The minimum Gasteiger partial charge on any atom is -0.327 e. The molecule has 3 atom stereocenters. The standard InChI is InChI=1S/C14H26N2/c15-14-7-6-12-9-16(10-13(12)14)8-11-4-2-1-3-5-11/h11-14H,1-10,15H2. The van der Waals surface area contributed by atoms with Crippen molar-refractivity contribution in [1.29, 1.82) is 0 Å². The Balaban J connectivity index is 1.50. The minimum atomic E-state index is 0.515. The highest BCUT2D eigenvalue weighted by Gasteiger charge is 2.41. The first-order chi connectivity index (χ1) is 7.83. The Hall–Kier alpha value is -0.0800. The van der Waals surface area contributed by atoms with Crippen molar-refractivity contribution in [1.82, 2.24) is 4.90 Å². The van der Waals surface area contributed by atoms with E-state index in [0.717, 1.165) is 17.8 Å². The summed E-state index contributed by atoms with van der Waals surface area (Å²) < 4.78 is 0. The summed E-state index contributed by atoms with van der Waals surface area (Å²) in [6.45, 7) is 4.04. The average Bonchev–Trinajstić information content (AvgIpc) is 2.83. The second kappa shape index (κ2) is 4.66. The third-order valence-electron chi connectivity index (χ3n) is 5.23. The van der Waals surface area contributed by atoms with Gasteiger partial charge in [0.2, 0.25) is 0 Å². The fourth-order valence-corrected chi connectivity index (χ4v) is 4.28. The fourth-order valence-electron chi connectivity index (χ4n) is 4.28. The molecule has 3 unspecified atom stereocenters. The molecule has 1 heterocycles. The molecule has 0 amide bonds. The maximum Gasteiger partial charge on any atom is 0.00826 e. The Labute approximate surface area is 99.6 Å². The highest BCUT2D eigenvalue weighted by molar-refractivity contribution is 4.95. The summed E-state index contributed by atoms with van der Waals surface area (Å²) in [5.74, 6) is 2.78. The van der Waals surface area contributed by atoms with Gasteiger partial charge in [-0.25, -0.2) is 0 Å². The predicted molar refractivity (Wildman–Crippen MR) is 67.2 cm³/mol. The maximum atomic E-state index is 6.19. The summed E-state index contributed by atoms with van der Waals surface area (Å²) in [6.07, 6.45) is 10.1. The quantitative estimate of drug-likeness (QED) is 0.776. The monoisotopic (exact) mass is 222 g/mol. The van der Waals surface area contributed by atoms with Gasteiger partial charge in [0, 0.05) is 25.7 Å². The molecule has 0 spiro atoms. The largest absolute Gasteiger partial charge is 0.327 e. The fraction of sp³-hybridized carbons (Fsp3) is 1.00. The first-order valence-electron chi connectivity index (χ1n) is 7.31. The minimum absolute atomic E-state index is 0.515. The molecule has 3 rings (SSSR count). The van der Waals surface area contributed by atoms with E-state index in [2.05, 4.69) is 4.90 Å². The summed E-state index contributed by atoms with van der Waals surface area (Å²) in [5.41, 5.74) is 6.19. The van der Waals surface area contributed by atoms with Crippen LogP contribution in [0.4, 0.5) is 0 Å². The van der Waals surface area contributed by atoms with Gasteiger partial charge in [-0.15, -0.1) is 0 Å². The van der Waals surface area contributed by atoms with E-state index in [9.17, 15) is 0 Å². The summed E-state index contributed by atoms with van der Waals surface area (Å²) >= 11 is 0. The van der Waals surface area contributed by atoms with Crippen LogP contribution in [0.3, 0.4) is 0 Å². The van der Waals surface area contributed by atoms with Crippen LogP contribution >= 0.6 is 0 Å². The van der Waals surface area contributed by atoms with Gasteiger partial charge in [-0.05, 0) is 43.4 Å². The lowest BCUT2D eigenvalue weighted by molar-refractivity contribution is 0.220. The molecule has 16 heavy (non-hydrogen) atoms. The molecule has 3 aliphatic rings. The molecule has 3 fully saturated rings. The number of nitrogens with zero attached hydrogens (tertiary/aromatic N) is 1. The van der Waals surface area contributed by atoms with Crippen LogP contribution < -0.4 is 5.73 Å². The van der Waals surface area contributed by atoms with Crippen LogP contribution in [-0.2, 0) is 0 Å². The smallest absolute Gasteiger partial charge is 0.00826 e. The average molecular weight is 222 g/mol. The van der Waals surface area contributed by atoms with Gasteiger partial charge in [0.25, 0.3) is 0 Å². The predicted octanol–water partition coefficient (Wildman–Crippen LogP) is 2.24. The number of hydrogen-bond acceptors (Lipinski definition) is 2. The molecule has 0 aromatic carbocycles. The number of fused-ring (bicyclic) bond motifs is 1. The van der Waals surface area contributed by atoms with Crippen LogP contribution in [0.15, 0.2) is 0 Å². The molecule has 1 aliphatic heterocycles. The van der Waals surface area contributed by atoms with Crippen molar-refractivity contribution < 1.29 is 0 Å². The highest BCUT2D eigenvalue weighted by atomic mass is 15.2. The van der Waals surface area contributed by atoms with Crippen molar-refractivity contribution >= 4 is 0 Å². The van der Waals surface area contributed by atoms with Crippen molar-refractivity contribution in [2.45, 2.75) is 51.0 Å². The topological polar surface area (TPSA) is 29.3 Å². The maximum absolute atomic E-state index is 6.19. The van der Waals surface area contributed by atoms with Crippen molar-refractivity contribution in [2.75, 3.05) is 19.6 Å². The third-order valence-corrected chi connectivity index (χ3v) is 5.23. The Morgan fingerprint density at radius 2 is 1.75 bits per heavy atom. The van der Waals surface area contributed by atoms with Gasteiger partial charge in [0.1, 0.15) is 0 Å². The lowest BCUT2D eigenvalue weighted by Crippen LogP contribution is -2.33. The van der Waals surface area contributed by atoms with Gasteiger partial charge in [-0.2, -0.15) is 0 Å². The van der Waals surface area contributed by atoms with E-state index in [0.29, 0.717) is 6.04 Å². The molecule has 1 saturated heterocycles. The van der Waals surface area contributed by atoms with Crippen LogP contribution in [0.1, 0.15) is 44.9 Å². The van der Waals surface area contributed by atoms with E-state index in [1.807, 2.05) is 0 Å². The van der Waals surface area contributed by atoms with E-state index >= 15 is 0 Å². The summed E-state index contributed by atoms with van der Waals surface area (Å²) in [6, 6.07) is 0.515. The zero-order valence-electron chi connectivity index (χ0n) is 10.4. The van der Waals surface area contributed by atoms with Gasteiger partial charge in [0.15, 0.2) is 0 Å². The molecule has 0 radical (unpaired) electrons. The molecule has 2 heteroatoms. The van der Waals surface area contributed by atoms with Gasteiger partial charge >= 0.3 is 0 Å². The number of likely N-dealkylation sites (tertiary alicyclic amines) is 1. The summed E-state index contributed by atoms with van der Waals surface area (Å²) in [4.78, 5) is 2.73. The summed E-state index contributed by atoms with van der Waals surface area (Å²) in [5, 5.41) is 0. The normalized spacial score (nSPS) is 41.4. The van der Waals surface area contributed by atoms with Crippen molar-refractivity contribution in [3.8, 4) is 0 Å². The van der Waals surface area contributed by atoms with Crippen LogP contribution in [0.2, 0.25) is 0 Å². The Morgan fingerprint density at radius 1 is 0.938 bits per heavy atom. The molecule has 2 N–H and O–H groups in total. The van der Waals surface area contributed by atoms with E-state index in [-0.39, 0.29) is 0 Å². The van der Waals surface area contributed by atoms with Gasteiger partial charge in [0.05, 0.1) is 0 Å². The van der Waals surface area contributed by atoms with Crippen LogP contribution in [0.5, 0.6) is 0 Å². The second-order valence-electron chi connectivity index (χ2n) is 6.39. The SMILES string of the molecule is NC1CCC2CN(CC3CCCCC3)CC12. The van der Waals surface area contributed by atoms with Crippen molar-refractivity contribution in [3.05, 3.63) is 0 Å². The molecule has 2 aliphatic carbocycles. The first-order valence-corrected chi connectivity index (χ1v) is 7.31. The number of hydrogen-bond donors (Lipinski definition) is 1. The van der Waals surface area contributed by atoms with Gasteiger partial charge < -0.3 is 10.6 Å². The molecule has 0 bridgehead atoms. The van der Waals surface area contributed by atoms with E-state index in [1.54, 1.807) is 0 Å². The molecular weight excluding hydrogens is 196 g/mol. The summed E-state index contributed by atoms with van der Waals surface area (Å²) in [7, 11) is 0. The molecule has 0 aromatic rings. The van der Waals surface area contributed by atoms with Crippen LogP contribution in [0.25, 0.3) is 0 Å².